The molecule has 0 unspecified atom stereocenters. The van der Waals surface area contributed by atoms with E-state index in [1.165, 1.54) is 5.82 Å². The van der Waals surface area contributed by atoms with Gasteiger partial charge in [-0.25, -0.2) is 4.98 Å². The Kier molecular flexibility index (Phi) is 4.97. The predicted molar refractivity (Wildman–Crippen MR) is 66.9 cm³/mol. The van der Waals surface area contributed by atoms with Crippen LogP contribution in [0.5, 0.6) is 0 Å². The summed E-state index contributed by atoms with van der Waals surface area (Å²) in [6.45, 7) is 7.20. The van der Waals surface area contributed by atoms with E-state index < -0.39 is 0 Å². The lowest BCUT2D eigenvalue weighted by Crippen LogP contribution is -2.38. The molecular weight excluding hydrogens is 216 g/mol. The maximum absolute atomic E-state index is 5.01. The SMILES string of the molecule is COCCCNCCN1CCn2ccnc2C1. The molecule has 0 radical (unpaired) electrons. The number of hydrogen-bond acceptors (Lipinski definition) is 4. The van der Waals surface area contributed by atoms with Crippen molar-refractivity contribution >= 4 is 0 Å². The van der Waals surface area contributed by atoms with Crippen molar-refractivity contribution in [1.82, 2.24) is 19.8 Å². The van der Waals surface area contributed by atoms with Crippen LogP contribution in [0.4, 0.5) is 0 Å². The first kappa shape index (κ1) is 12.5. The number of nitrogens with zero attached hydrogens (tertiary/aromatic N) is 3. The molecule has 5 heteroatoms. The number of aromatic nitrogens is 2. The highest BCUT2D eigenvalue weighted by molar-refractivity contribution is 4.95. The molecule has 2 rings (SSSR count). The minimum atomic E-state index is 0.841. The summed E-state index contributed by atoms with van der Waals surface area (Å²) in [4.78, 5) is 6.81. The van der Waals surface area contributed by atoms with Gasteiger partial charge in [0.05, 0.1) is 6.54 Å². The zero-order chi connectivity index (χ0) is 11.9. The molecule has 1 aromatic rings. The molecule has 0 aromatic carbocycles. The summed E-state index contributed by atoms with van der Waals surface area (Å²) < 4.78 is 7.25. The van der Waals surface area contributed by atoms with Gasteiger partial charge in [0, 0.05) is 52.3 Å². The van der Waals surface area contributed by atoms with Gasteiger partial charge in [0.15, 0.2) is 0 Å². The lowest BCUT2D eigenvalue weighted by atomic mass is 10.3. The summed E-state index contributed by atoms with van der Waals surface area (Å²) in [5.41, 5.74) is 0. The normalized spacial score (nSPS) is 16.1. The number of ether oxygens (including phenoxy) is 1. The van der Waals surface area contributed by atoms with Gasteiger partial charge >= 0.3 is 0 Å². The van der Waals surface area contributed by atoms with Crippen molar-refractivity contribution in [3.05, 3.63) is 18.2 Å². The number of fused-ring (bicyclic) bond motifs is 1. The molecule has 1 aromatic heterocycles. The zero-order valence-electron chi connectivity index (χ0n) is 10.6. The molecule has 0 spiro atoms. The second kappa shape index (κ2) is 6.74. The average molecular weight is 238 g/mol. The monoisotopic (exact) mass is 238 g/mol. The van der Waals surface area contributed by atoms with E-state index in [1.807, 2.05) is 6.20 Å². The predicted octanol–water partition coefficient (Wildman–Crippen LogP) is 0.325. The summed E-state index contributed by atoms with van der Waals surface area (Å²) in [6.07, 6.45) is 5.04. The number of nitrogens with one attached hydrogen (secondary N) is 1. The van der Waals surface area contributed by atoms with Crippen LogP contribution in [0.15, 0.2) is 12.4 Å². The molecular formula is C12H22N4O. The second-order valence-electron chi connectivity index (χ2n) is 4.41. The van der Waals surface area contributed by atoms with Crippen molar-refractivity contribution in [2.45, 2.75) is 19.5 Å². The zero-order valence-corrected chi connectivity index (χ0v) is 10.6. The van der Waals surface area contributed by atoms with Gasteiger partial charge in [0.2, 0.25) is 0 Å². The van der Waals surface area contributed by atoms with Crippen molar-refractivity contribution in [1.29, 1.82) is 0 Å². The van der Waals surface area contributed by atoms with E-state index in [0.29, 0.717) is 0 Å². The van der Waals surface area contributed by atoms with Crippen LogP contribution in [0.25, 0.3) is 0 Å². The van der Waals surface area contributed by atoms with E-state index in [1.54, 1.807) is 7.11 Å². The summed E-state index contributed by atoms with van der Waals surface area (Å²) in [6, 6.07) is 0. The molecule has 0 saturated heterocycles. The standard InChI is InChI=1S/C12H22N4O/c1-17-10-2-3-13-4-6-15-8-9-16-7-5-14-12(16)11-15/h5,7,13H,2-4,6,8-11H2,1H3. The highest BCUT2D eigenvalue weighted by Crippen LogP contribution is 2.08. The minimum Gasteiger partial charge on any atom is -0.385 e. The van der Waals surface area contributed by atoms with Crippen LogP contribution < -0.4 is 5.32 Å². The Morgan fingerprint density at radius 1 is 1.41 bits per heavy atom. The second-order valence-corrected chi connectivity index (χ2v) is 4.41. The van der Waals surface area contributed by atoms with Crippen LogP contribution in [0.3, 0.4) is 0 Å². The summed E-state index contributed by atoms with van der Waals surface area (Å²) >= 11 is 0. The van der Waals surface area contributed by atoms with Crippen LogP contribution in [-0.4, -0.2) is 54.3 Å². The first-order valence-electron chi connectivity index (χ1n) is 6.32. The maximum Gasteiger partial charge on any atom is 0.122 e. The summed E-state index contributed by atoms with van der Waals surface area (Å²) in [5.74, 6) is 1.19. The molecule has 1 aliphatic rings. The van der Waals surface area contributed by atoms with Crippen molar-refractivity contribution < 1.29 is 4.74 Å². The smallest absolute Gasteiger partial charge is 0.122 e. The van der Waals surface area contributed by atoms with Crippen LogP contribution in [0.2, 0.25) is 0 Å². The summed E-state index contributed by atoms with van der Waals surface area (Å²) in [7, 11) is 1.75. The molecule has 0 saturated carbocycles. The molecule has 2 heterocycles. The van der Waals surface area contributed by atoms with Crippen molar-refractivity contribution in [2.75, 3.05) is 39.9 Å². The van der Waals surface area contributed by atoms with E-state index >= 15 is 0 Å². The Balaban J connectivity index is 1.59. The lowest BCUT2D eigenvalue weighted by molar-refractivity contribution is 0.191. The van der Waals surface area contributed by atoms with E-state index in [9.17, 15) is 0 Å². The molecule has 96 valence electrons. The fourth-order valence-electron chi connectivity index (χ4n) is 2.12. The fraction of sp³-hybridized carbons (Fsp3) is 0.750. The minimum absolute atomic E-state index is 0.841. The first-order chi connectivity index (χ1) is 8.40. The molecule has 0 fully saturated rings. The number of hydrogen-bond donors (Lipinski definition) is 1. The highest BCUT2D eigenvalue weighted by atomic mass is 16.5. The van der Waals surface area contributed by atoms with Crippen molar-refractivity contribution in [2.24, 2.45) is 0 Å². The van der Waals surface area contributed by atoms with Gasteiger partial charge in [0.1, 0.15) is 5.82 Å². The molecule has 0 bridgehead atoms. The van der Waals surface area contributed by atoms with E-state index in [0.717, 1.165) is 52.3 Å². The van der Waals surface area contributed by atoms with Crippen molar-refractivity contribution in [3.63, 3.8) is 0 Å². The topological polar surface area (TPSA) is 42.3 Å². The molecule has 1 aliphatic heterocycles. The van der Waals surface area contributed by atoms with Gasteiger partial charge in [-0.2, -0.15) is 0 Å². The third kappa shape index (κ3) is 3.80. The average Bonchev–Trinajstić information content (AvgIpc) is 2.81. The Bertz CT molecular complexity index is 326. The number of rotatable bonds is 7. The number of imidazole rings is 1. The maximum atomic E-state index is 5.01. The molecule has 0 amide bonds. The Morgan fingerprint density at radius 3 is 3.24 bits per heavy atom. The van der Waals surface area contributed by atoms with Crippen molar-refractivity contribution in [3.8, 4) is 0 Å². The lowest BCUT2D eigenvalue weighted by Gasteiger charge is -2.27. The molecule has 1 N–H and O–H groups in total. The van der Waals surface area contributed by atoms with E-state index in [4.69, 9.17) is 4.74 Å². The third-order valence-electron chi connectivity index (χ3n) is 3.13. The highest BCUT2D eigenvalue weighted by Gasteiger charge is 2.15. The Labute approximate surface area is 103 Å². The Hall–Kier alpha value is -0.910. The van der Waals surface area contributed by atoms with Gasteiger partial charge in [-0.1, -0.05) is 0 Å². The summed E-state index contributed by atoms with van der Waals surface area (Å²) in [5, 5.41) is 3.44. The Morgan fingerprint density at radius 2 is 2.35 bits per heavy atom. The quantitative estimate of drug-likeness (QED) is 0.695. The van der Waals surface area contributed by atoms with E-state index in [-0.39, 0.29) is 0 Å². The molecule has 17 heavy (non-hydrogen) atoms. The van der Waals surface area contributed by atoms with Crippen LogP contribution in [-0.2, 0) is 17.8 Å². The van der Waals surface area contributed by atoms with Crippen LogP contribution in [0.1, 0.15) is 12.2 Å². The van der Waals surface area contributed by atoms with Crippen LogP contribution in [0, 0.1) is 0 Å². The van der Waals surface area contributed by atoms with Gasteiger partial charge in [0.25, 0.3) is 0 Å². The molecule has 0 atom stereocenters. The molecule has 5 nitrogen and oxygen atoms in total. The first-order valence-corrected chi connectivity index (χ1v) is 6.32. The van der Waals surface area contributed by atoms with Gasteiger partial charge in [-0.05, 0) is 13.0 Å². The number of methoxy groups -OCH3 is 1. The third-order valence-corrected chi connectivity index (χ3v) is 3.13. The largest absolute Gasteiger partial charge is 0.385 e. The molecule has 0 aliphatic carbocycles. The van der Waals surface area contributed by atoms with Gasteiger partial charge < -0.3 is 14.6 Å². The van der Waals surface area contributed by atoms with Gasteiger partial charge in [-0.3, -0.25) is 4.90 Å². The van der Waals surface area contributed by atoms with Crippen LogP contribution >= 0.6 is 0 Å². The van der Waals surface area contributed by atoms with Gasteiger partial charge in [-0.15, -0.1) is 0 Å². The fourth-order valence-corrected chi connectivity index (χ4v) is 2.12. The van der Waals surface area contributed by atoms with E-state index in [2.05, 4.69) is 26.0 Å².